The average molecular weight is 273 g/mol. The molecule has 1 aromatic carbocycles. The number of rotatable bonds is 6. The molecule has 0 aliphatic heterocycles. The van der Waals surface area contributed by atoms with Crippen molar-refractivity contribution in [2.75, 3.05) is 5.32 Å². The lowest BCUT2D eigenvalue weighted by Gasteiger charge is -2.17. The fourth-order valence-corrected chi connectivity index (χ4v) is 1.69. The normalized spacial score (nSPS) is 11.9. The standard InChI is InChI=1S/C11H13ClN2O4/c1-2-7(5-11(15)16)13-10-4-3-8(14(17)18)6-9(10)12/h3-4,6-7,13H,2,5H2,1H3,(H,15,16). The Labute approximate surface area is 109 Å². The summed E-state index contributed by atoms with van der Waals surface area (Å²) in [5.74, 6) is -0.910. The van der Waals surface area contributed by atoms with Crippen molar-refractivity contribution >= 4 is 28.9 Å². The molecule has 98 valence electrons. The quantitative estimate of drug-likeness (QED) is 0.613. The SMILES string of the molecule is CCC(CC(=O)O)Nc1ccc([N+](=O)[O-])cc1Cl. The third-order valence-electron chi connectivity index (χ3n) is 2.44. The van der Waals surface area contributed by atoms with Crippen LogP contribution in [0.1, 0.15) is 19.8 Å². The molecule has 7 heteroatoms. The van der Waals surface area contributed by atoms with E-state index in [0.29, 0.717) is 12.1 Å². The summed E-state index contributed by atoms with van der Waals surface area (Å²) in [5, 5.41) is 22.4. The van der Waals surface area contributed by atoms with Crippen LogP contribution in [0.25, 0.3) is 0 Å². The van der Waals surface area contributed by atoms with Crippen molar-refractivity contribution < 1.29 is 14.8 Å². The number of hydrogen-bond donors (Lipinski definition) is 2. The predicted octanol–water partition coefficient (Wildman–Crippen LogP) is 2.91. The summed E-state index contributed by atoms with van der Waals surface area (Å²) in [6.45, 7) is 1.85. The van der Waals surface area contributed by atoms with Gasteiger partial charge in [0.2, 0.25) is 0 Å². The highest BCUT2D eigenvalue weighted by Crippen LogP contribution is 2.27. The zero-order valence-corrected chi connectivity index (χ0v) is 10.5. The minimum Gasteiger partial charge on any atom is -0.481 e. The summed E-state index contributed by atoms with van der Waals surface area (Å²) in [4.78, 5) is 20.6. The van der Waals surface area contributed by atoms with Crippen LogP contribution in [0, 0.1) is 10.1 Å². The monoisotopic (exact) mass is 272 g/mol. The minimum atomic E-state index is -0.910. The third-order valence-corrected chi connectivity index (χ3v) is 2.75. The highest BCUT2D eigenvalue weighted by molar-refractivity contribution is 6.33. The van der Waals surface area contributed by atoms with Crippen molar-refractivity contribution in [3.63, 3.8) is 0 Å². The number of hydrogen-bond acceptors (Lipinski definition) is 4. The molecule has 0 amide bonds. The average Bonchev–Trinajstić information content (AvgIpc) is 2.29. The summed E-state index contributed by atoms with van der Waals surface area (Å²) >= 11 is 5.90. The lowest BCUT2D eigenvalue weighted by Crippen LogP contribution is -2.22. The third kappa shape index (κ3) is 3.89. The molecule has 0 aliphatic carbocycles. The second-order valence-corrected chi connectivity index (χ2v) is 4.18. The molecule has 0 heterocycles. The van der Waals surface area contributed by atoms with Gasteiger partial charge in [0, 0.05) is 18.2 Å². The predicted molar refractivity (Wildman–Crippen MR) is 68.1 cm³/mol. The number of halogens is 1. The Bertz CT molecular complexity index is 464. The maximum Gasteiger partial charge on any atom is 0.305 e. The van der Waals surface area contributed by atoms with Gasteiger partial charge in [0.1, 0.15) is 0 Å². The van der Waals surface area contributed by atoms with Gasteiger partial charge >= 0.3 is 5.97 Å². The second kappa shape index (κ2) is 6.20. The van der Waals surface area contributed by atoms with Crippen LogP contribution in [-0.2, 0) is 4.79 Å². The molecule has 0 fully saturated rings. The highest BCUT2D eigenvalue weighted by atomic mass is 35.5. The van der Waals surface area contributed by atoms with Crippen LogP contribution < -0.4 is 5.32 Å². The van der Waals surface area contributed by atoms with E-state index in [2.05, 4.69) is 5.32 Å². The molecule has 0 saturated heterocycles. The zero-order valence-electron chi connectivity index (χ0n) is 9.72. The number of carboxylic acids is 1. The van der Waals surface area contributed by atoms with Gasteiger partial charge < -0.3 is 10.4 Å². The molecule has 6 nitrogen and oxygen atoms in total. The Morgan fingerprint density at radius 1 is 1.61 bits per heavy atom. The van der Waals surface area contributed by atoms with Crippen LogP contribution in [0.15, 0.2) is 18.2 Å². The first-order valence-electron chi connectivity index (χ1n) is 5.36. The molecule has 1 aromatic rings. The molecule has 2 N–H and O–H groups in total. The summed E-state index contributed by atoms with van der Waals surface area (Å²) in [6.07, 6.45) is 0.573. The number of nitrogens with zero attached hydrogens (tertiary/aromatic N) is 1. The van der Waals surface area contributed by atoms with Gasteiger partial charge in [0.05, 0.1) is 22.1 Å². The summed E-state index contributed by atoms with van der Waals surface area (Å²) in [7, 11) is 0. The lowest BCUT2D eigenvalue weighted by atomic mass is 10.1. The maximum atomic E-state index is 10.6. The number of non-ortho nitro benzene ring substituents is 1. The van der Waals surface area contributed by atoms with Crippen LogP contribution in [0.3, 0.4) is 0 Å². The lowest BCUT2D eigenvalue weighted by molar-refractivity contribution is -0.384. The molecule has 0 radical (unpaired) electrons. The first kappa shape index (κ1) is 14.2. The fourth-order valence-electron chi connectivity index (χ4n) is 1.46. The van der Waals surface area contributed by atoms with Crippen molar-refractivity contribution in [2.45, 2.75) is 25.8 Å². The molecular weight excluding hydrogens is 260 g/mol. The molecule has 1 unspecified atom stereocenters. The minimum absolute atomic E-state index is 0.0379. The van der Waals surface area contributed by atoms with E-state index in [1.807, 2.05) is 6.92 Å². The Morgan fingerprint density at radius 3 is 2.72 bits per heavy atom. The van der Waals surface area contributed by atoms with E-state index in [-0.39, 0.29) is 23.2 Å². The molecule has 18 heavy (non-hydrogen) atoms. The molecule has 0 aromatic heterocycles. The van der Waals surface area contributed by atoms with Gasteiger partial charge in [-0.15, -0.1) is 0 Å². The summed E-state index contributed by atoms with van der Waals surface area (Å²) in [6, 6.07) is 3.77. The number of carbonyl (C=O) groups is 1. The van der Waals surface area contributed by atoms with Crippen LogP contribution in [0.5, 0.6) is 0 Å². The smallest absolute Gasteiger partial charge is 0.305 e. The van der Waals surface area contributed by atoms with Gasteiger partial charge in [-0.1, -0.05) is 18.5 Å². The molecule has 0 spiro atoms. The number of aliphatic carboxylic acids is 1. The second-order valence-electron chi connectivity index (χ2n) is 3.77. The largest absolute Gasteiger partial charge is 0.481 e. The van der Waals surface area contributed by atoms with Crippen molar-refractivity contribution in [1.82, 2.24) is 0 Å². The molecule has 0 aliphatic rings. The first-order chi connectivity index (χ1) is 8.43. The topological polar surface area (TPSA) is 92.5 Å². The Balaban J connectivity index is 2.83. The number of benzene rings is 1. The number of nitro benzene ring substituents is 1. The number of carboxylic acid groups (broad SMARTS) is 1. The number of anilines is 1. The van der Waals surface area contributed by atoms with Gasteiger partial charge in [-0.2, -0.15) is 0 Å². The molecule has 0 bridgehead atoms. The van der Waals surface area contributed by atoms with E-state index >= 15 is 0 Å². The highest BCUT2D eigenvalue weighted by Gasteiger charge is 2.14. The van der Waals surface area contributed by atoms with Crippen molar-refractivity contribution in [3.05, 3.63) is 33.3 Å². The molecule has 1 rings (SSSR count). The van der Waals surface area contributed by atoms with Crippen LogP contribution in [0.4, 0.5) is 11.4 Å². The number of nitro groups is 1. The van der Waals surface area contributed by atoms with Gasteiger partial charge in [0.15, 0.2) is 0 Å². The Morgan fingerprint density at radius 2 is 2.28 bits per heavy atom. The fraction of sp³-hybridized carbons (Fsp3) is 0.364. The van der Waals surface area contributed by atoms with E-state index in [4.69, 9.17) is 16.7 Å². The van der Waals surface area contributed by atoms with Gasteiger partial charge in [0.25, 0.3) is 5.69 Å². The van der Waals surface area contributed by atoms with Crippen molar-refractivity contribution in [1.29, 1.82) is 0 Å². The van der Waals surface area contributed by atoms with E-state index in [1.165, 1.54) is 18.2 Å². The Kier molecular flexibility index (Phi) is 4.91. The number of nitrogens with one attached hydrogen (secondary N) is 1. The van der Waals surface area contributed by atoms with E-state index < -0.39 is 10.9 Å². The van der Waals surface area contributed by atoms with E-state index in [0.717, 1.165) is 0 Å². The zero-order chi connectivity index (χ0) is 13.7. The van der Waals surface area contributed by atoms with Gasteiger partial charge in [-0.3, -0.25) is 14.9 Å². The molecule has 1 atom stereocenters. The summed E-state index contributed by atoms with van der Waals surface area (Å²) < 4.78 is 0. The van der Waals surface area contributed by atoms with Crippen LogP contribution >= 0.6 is 11.6 Å². The van der Waals surface area contributed by atoms with Crippen LogP contribution in [-0.4, -0.2) is 22.0 Å². The molecular formula is C11H13ClN2O4. The van der Waals surface area contributed by atoms with E-state index in [1.54, 1.807) is 0 Å². The van der Waals surface area contributed by atoms with Crippen molar-refractivity contribution in [3.8, 4) is 0 Å². The first-order valence-corrected chi connectivity index (χ1v) is 5.74. The van der Waals surface area contributed by atoms with E-state index in [9.17, 15) is 14.9 Å². The van der Waals surface area contributed by atoms with Crippen LogP contribution in [0.2, 0.25) is 5.02 Å². The van der Waals surface area contributed by atoms with Crippen molar-refractivity contribution in [2.24, 2.45) is 0 Å². The Hall–Kier alpha value is -1.82. The maximum absolute atomic E-state index is 10.6. The van der Waals surface area contributed by atoms with Gasteiger partial charge in [-0.25, -0.2) is 0 Å². The summed E-state index contributed by atoms with van der Waals surface area (Å²) in [5.41, 5.74) is 0.396. The van der Waals surface area contributed by atoms with Gasteiger partial charge in [-0.05, 0) is 12.5 Å². The molecule has 0 saturated carbocycles.